The molecule has 1 aliphatic carbocycles. The van der Waals surface area contributed by atoms with E-state index in [1.807, 2.05) is 6.20 Å². The number of aliphatic hydroxyl groups excluding tert-OH is 1. The monoisotopic (exact) mass is 457 g/mol. The van der Waals surface area contributed by atoms with Crippen LogP contribution in [0.5, 0.6) is 0 Å². The summed E-state index contributed by atoms with van der Waals surface area (Å²) in [5.41, 5.74) is 2.01. The molecule has 0 unspecified atom stereocenters. The Bertz CT molecular complexity index is 1040. The van der Waals surface area contributed by atoms with E-state index in [1.54, 1.807) is 22.2 Å². The highest BCUT2D eigenvalue weighted by atomic mass is 32.1. The largest absolute Gasteiger partial charge is 0.394 e. The first kappa shape index (κ1) is 21.6. The van der Waals surface area contributed by atoms with Gasteiger partial charge in [-0.05, 0) is 43.6 Å². The minimum atomic E-state index is 0.0555. The molecule has 0 bridgehead atoms. The number of fused-ring (bicyclic) bond motifs is 1. The van der Waals surface area contributed by atoms with Crippen molar-refractivity contribution < 1.29 is 9.84 Å². The average molecular weight is 458 g/mol. The number of morpholine rings is 1. The predicted octanol–water partition coefficient (Wildman–Crippen LogP) is 2.99. The Kier molecular flexibility index (Phi) is 6.54. The molecule has 172 valence electrons. The molecule has 2 fully saturated rings. The van der Waals surface area contributed by atoms with E-state index < -0.39 is 0 Å². The molecule has 4 heterocycles. The van der Waals surface area contributed by atoms with Gasteiger partial charge < -0.3 is 20.5 Å². The molecule has 1 saturated carbocycles. The number of thiophene rings is 1. The molecule has 3 aromatic rings. The number of nitrogens with zero attached hydrogens (tertiary/aromatic N) is 5. The Morgan fingerprint density at radius 3 is 2.78 bits per heavy atom. The van der Waals surface area contributed by atoms with Crippen molar-refractivity contribution in [3.8, 4) is 0 Å². The van der Waals surface area contributed by atoms with Crippen LogP contribution >= 0.6 is 11.3 Å². The van der Waals surface area contributed by atoms with E-state index in [-0.39, 0.29) is 6.61 Å². The first-order valence-corrected chi connectivity index (χ1v) is 12.3. The Balaban J connectivity index is 1.30. The van der Waals surface area contributed by atoms with Crippen LogP contribution in [0.2, 0.25) is 0 Å². The van der Waals surface area contributed by atoms with Crippen molar-refractivity contribution in [2.45, 2.75) is 51.2 Å². The van der Waals surface area contributed by atoms with Crippen LogP contribution in [0.15, 0.2) is 17.8 Å². The maximum absolute atomic E-state index is 9.10. The SMILES string of the molecule is Cc1csc2nc(Nc3cnn(CCO)c3)nc(NC3CCC(N4CCOCC4)CC3)c12. The first-order chi connectivity index (χ1) is 15.7. The van der Waals surface area contributed by atoms with E-state index in [2.05, 4.69) is 32.9 Å². The van der Waals surface area contributed by atoms with Crippen LogP contribution in [0.4, 0.5) is 17.5 Å². The van der Waals surface area contributed by atoms with Gasteiger partial charge in [0.1, 0.15) is 10.6 Å². The molecular weight excluding hydrogens is 426 g/mol. The zero-order valence-corrected chi connectivity index (χ0v) is 19.3. The molecule has 0 spiro atoms. The standard InChI is InChI=1S/C22H31N7O2S/c1-15-14-32-21-19(15)20(26-22(27-21)25-17-12-23-29(13-17)6-9-30)24-16-2-4-18(5-3-16)28-7-10-31-11-8-28/h12-14,16,18,30H,2-11H2,1H3,(H2,24,25,26,27). The molecule has 0 amide bonds. The molecule has 9 nitrogen and oxygen atoms in total. The number of aromatic nitrogens is 4. The lowest BCUT2D eigenvalue weighted by Crippen LogP contribution is -2.46. The van der Waals surface area contributed by atoms with Crippen molar-refractivity contribution in [2.24, 2.45) is 0 Å². The van der Waals surface area contributed by atoms with E-state index in [4.69, 9.17) is 19.8 Å². The van der Waals surface area contributed by atoms with Crippen LogP contribution in [0.1, 0.15) is 31.2 Å². The quantitative estimate of drug-likeness (QED) is 0.498. The summed E-state index contributed by atoms with van der Waals surface area (Å²) in [6.07, 6.45) is 8.29. The highest BCUT2D eigenvalue weighted by Gasteiger charge is 2.27. The fourth-order valence-electron chi connectivity index (χ4n) is 4.75. The molecule has 0 atom stereocenters. The van der Waals surface area contributed by atoms with E-state index in [1.165, 1.54) is 18.4 Å². The second-order valence-corrected chi connectivity index (χ2v) is 9.49. The topological polar surface area (TPSA) is 100 Å². The Labute approximate surface area is 191 Å². The van der Waals surface area contributed by atoms with Crippen LogP contribution in [0.3, 0.4) is 0 Å². The van der Waals surface area contributed by atoms with E-state index in [9.17, 15) is 0 Å². The summed E-state index contributed by atoms with van der Waals surface area (Å²) in [4.78, 5) is 13.2. The third-order valence-corrected chi connectivity index (χ3v) is 7.43. The lowest BCUT2D eigenvalue weighted by Gasteiger charge is -2.39. The second kappa shape index (κ2) is 9.70. The molecule has 1 aliphatic heterocycles. The summed E-state index contributed by atoms with van der Waals surface area (Å²) >= 11 is 1.64. The van der Waals surface area contributed by atoms with Gasteiger partial charge in [-0.3, -0.25) is 9.58 Å². The van der Waals surface area contributed by atoms with Gasteiger partial charge in [0.2, 0.25) is 5.95 Å². The van der Waals surface area contributed by atoms with Crippen LogP contribution in [-0.2, 0) is 11.3 Å². The summed E-state index contributed by atoms with van der Waals surface area (Å²) in [6, 6.07) is 1.10. The Morgan fingerprint density at radius 1 is 1.19 bits per heavy atom. The molecule has 3 N–H and O–H groups in total. The summed E-state index contributed by atoms with van der Waals surface area (Å²) in [6.45, 7) is 6.49. The molecule has 2 aliphatic rings. The fraction of sp³-hybridized carbons (Fsp3) is 0.591. The van der Waals surface area contributed by atoms with Crippen LogP contribution < -0.4 is 10.6 Å². The molecule has 32 heavy (non-hydrogen) atoms. The van der Waals surface area contributed by atoms with Crippen LogP contribution in [0.25, 0.3) is 10.2 Å². The summed E-state index contributed by atoms with van der Waals surface area (Å²) < 4.78 is 7.21. The Hall–Kier alpha value is -2.27. The molecule has 0 aromatic carbocycles. The number of hydrogen-bond acceptors (Lipinski definition) is 9. The highest BCUT2D eigenvalue weighted by molar-refractivity contribution is 7.17. The van der Waals surface area contributed by atoms with E-state index >= 15 is 0 Å². The third-order valence-electron chi connectivity index (χ3n) is 6.44. The van der Waals surface area contributed by atoms with Crippen molar-refractivity contribution in [3.05, 3.63) is 23.3 Å². The fourth-order valence-corrected chi connectivity index (χ4v) is 5.67. The molecule has 0 radical (unpaired) electrons. The van der Waals surface area contributed by atoms with Crippen LogP contribution in [0, 0.1) is 6.92 Å². The highest BCUT2D eigenvalue weighted by Crippen LogP contribution is 2.33. The number of hydrogen-bond donors (Lipinski definition) is 3. The third kappa shape index (κ3) is 4.73. The normalized spacial score (nSPS) is 22.3. The van der Waals surface area contributed by atoms with Crippen molar-refractivity contribution in [2.75, 3.05) is 43.5 Å². The van der Waals surface area contributed by atoms with Gasteiger partial charge in [-0.25, -0.2) is 4.98 Å². The smallest absolute Gasteiger partial charge is 0.230 e. The van der Waals surface area contributed by atoms with Gasteiger partial charge >= 0.3 is 0 Å². The van der Waals surface area contributed by atoms with Gasteiger partial charge in [0, 0.05) is 31.4 Å². The van der Waals surface area contributed by atoms with Crippen molar-refractivity contribution >= 4 is 39.0 Å². The molecule has 10 heteroatoms. The maximum atomic E-state index is 9.10. The zero-order valence-electron chi connectivity index (χ0n) is 18.5. The number of aliphatic hydroxyl groups is 1. The molecule has 1 saturated heterocycles. The van der Waals surface area contributed by atoms with Crippen molar-refractivity contribution in [3.63, 3.8) is 0 Å². The number of anilines is 3. The second-order valence-electron chi connectivity index (χ2n) is 8.63. The van der Waals surface area contributed by atoms with Gasteiger partial charge in [-0.1, -0.05) is 0 Å². The minimum absolute atomic E-state index is 0.0555. The number of rotatable bonds is 7. The summed E-state index contributed by atoms with van der Waals surface area (Å²) in [7, 11) is 0. The van der Waals surface area contributed by atoms with Gasteiger partial charge in [-0.2, -0.15) is 10.1 Å². The van der Waals surface area contributed by atoms with Crippen LogP contribution in [-0.4, -0.2) is 74.7 Å². The van der Waals surface area contributed by atoms with E-state index in [0.717, 1.165) is 60.9 Å². The van der Waals surface area contributed by atoms with Gasteiger partial charge in [0.05, 0.1) is 43.6 Å². The summed E-state index contributed by atoms with van der Waals surface area (Å²) in [5.74, 6) is 1.47. The first-order valence-electron chi connectivity index (χ1n) is 11.4. The lowest BCUT2D eigenvalue weighted by atomic mass is 9.90. The van der Waals surface area contributed by atoms with Crippen molar-refractivity contribution in [1.29, 1.82) is 0 Å². The zero-order chi connectivity index (χ0) is 21.9. The molecule has 5 rings (SSSR count). The number of ether oxygens (including phenoxy) is 1. The Morgan fingerprint density at radius 2 is 2.00 bits per heavy atom. The number of aryl methyl sites for hydroxylation is 1. The lowest BCUT2D eigenvalue weighted by molar-refractivity contribution is 0.00791. The van der Waals surface area contributed by atoms with E-state index in [0.29, 0.717) is 24.6 Å². The minimum Gasteiger partial charge on any atom is -0.394 e. The van der Waals surface area contributed by atoms with Gasteiger partial charge in [0.25, 0.3) is 0 Å². The molecular formula is C22H31N7O2S. The van der Waals surface area contributed by atoms with Gasteiger partial charge in [-0.15, -0.1) is 11.3 Å². The summed E-state index contributed by atoms with van der Waals surface area (Å²) in [5, 5.41) is 23.6. The number of nitrogens with one attached hydrogen (secondary N) is 2. The van der Waals surface area contributed by atoms with Gasteiger partial charge in [0.15, 0.2) is 0 Å². The van der Waals surface area contributed by atoms with Crippen molar-refractivity contribution in [1.82, 2.24) is 24.6 Å². The predicted molar refractivity (Wildman–Crippen MR) is 127 cm³/mol. The maximum Gasteiger partial charge on any atom is 0.230 e. The molecule has 3 aromatic heterocycles. The average Bonchev–Trinajstić information content (AvgIpc) is 3.41.